The number of nitrogens with two attached hydrogens (primary N) is 1. The summed E-state index contributed by atoms with van der Waals surface area (Å²) >= 11 is 0. The van der Waals surface area contributed by atoms with Crippen molar-refractivity contribution in [2.24, 2.45) is 0 Å². The number of carbonyl (C=O) groups excluding carboxylic acids is 1. The number of carbonyl (C=O) groups is 1. The number of amides is 1. The van der Waals surface area contributed by atoms with Gasteiger partial charge in [0.25, 0.3) is 5.91 Å². The minimum Gasteiger partial charge on any atom is -0.399 e. The van der Waals surface area contributed by atoms with E-state index < -0.39 is 0 Å². The summed E-state index contributed by atoms with van der Waals surface area (Å²) in [6, 6.07) is 10.1. The first-order chi connectivity index (χ1) is 9.54. The third-order valence-corrected chi connectivity index (χ3v) is 3.68. The minimum atomic E-state index is -0.255. The molecule has 1 aliphatic rings. The molecule has 1 aliphatic heterocycles. The van der Waals surface area contributed by atoms with Crippen LogP contribution in [0.25, 0.3) is 0 Å². The highest BCUT2D eigenvalue weighted by molar-refractivity contribution is 5.99. The number of fused-ring (bicyclic) bond motifs is 1. The van der Waals surface area contributed by atoms with Gasteiger partial charge < -0.3 is 10.6 Å². The summed E-state index contributed by atoms with van der Waals surface area (Å²) in [4.78, 5) is 14.1. The standard InChI is InChI=1S/C16H15FN2O/c1-10-6-13(17)4-2-11(10)8-19-9-12-3-5-14(18)7-15(12)16(19)20/h2-7H,8-9,18H2,1H3. The molecule has 1 amide bonds. The van der Waals surface area contributed by atoms with E-state index in [9.17, 15) is 9.18 Å². The van der Waals surface area contributed by atoms with Gasteiger partial charge in [0, 0.05) is 24.3 Å². The van der Waals surface area contributed by atoms with Crippen molar-refractivity contribution in [3.63, 3.8) is 0 Å². The zero-order valence-corrected chi connectivity index (χ0v) is 11.2. The Morgan fingerprint density at radius 1 is 1.25 bits per heavy atom. The third kappa shape index (κ3) is 2.13. The summed E-state index contributed by atoms with van der Waals surface area (Å²) in [5.74, 6) is -0.272. The molecule has 0 fully saturated rings. The molecule has 0 unspecified atom stereocenters. The first kappa shape index (κ1) is 12.7. The summed E-state index contributed by atoms with van der Waals surface area (Å²) < 4.78 is 13.1. The van der Waals surface area contributed by atoms with Gasteiger partial charge in [-0.25, -0.2) is 4.39 Å². The molecule has 4 heteroatoms. The van der Waals surface area contributed by atoms with Crippen LogP contribution in [0.3, 0.4) is 0 Å². The number of hydrogen-bond acceptors (Lipinski definition) is 2. The van der Waals surface area contributed by atoms with Crippen LogP contribution in [0.1, 0.15) is 27.0 Å². The molecule has 0 atom stereocenters. The number of nitrogen functional groups attached to an aromatic ring is 1. The molecule has 0 saturated carbocycles. The van der Waals surface area contributed by atoms with Gasteiger partial charge in [0.05, 0.1) is 0 Å². The second kappa shape index (κ2) is 4.63. The van der Waals surface area contributed by atoms with Gasteiger partial charge in [-0.2, -0.15) is 0 Å². The van der Waals surface area contributed by atoms with Crippen molar-refractivity contribution in [2.75, 3.05) is 5.73 Å². The van der Waals surface area contributed by atoms with E-state index in [0.717, 1.165) is 16.7 Å². The minimum absolute atomic E-state index is 0.0176. The maximum Gasteiger partial charge on any atom is 0.254 e. The molecule has 3 rings (SSSR count). The Bertz CT molecular complexity index is 697. The van der Waals surface area contributed by atoms with Gasteiger partial charge in [-0.1, -0.05) is 12.1 Å². The lowest BCUT2D eigenvalue weighted by atomic mass is 10.1. The van der Waals surface area contributed by atoms with E-state index in [4.69, 9.17) is 5.73 Å². The summed E-state index contributed by atoms with van der Waals surface area (Å²) in [7, 11) is 0. The number of anilines is 1. The third-order valence-electron chi connectivity index (χ3n) is 3.68. The van der Waals surface area contributed by atoms with E-state index in [1.807, 2.05) is 13.0 Å². The number of rotatable bonds is 2. The number of hydrogen-bond donors (Lipinski definition) is 1. The number of aryl methyl sites for hydroxylation is 1. The average Bonchev–Trinajstić information content (AvgIpc) is 2.70. The predicted octanol–water partition coefficient (Wildman–Crippen LogP) is 2.87. The van der Waals surface area contributed by atoms with Gasteiger partial charge in [-0.3, -0.25) is 4.79 Å². The fourth-order valence-electron chi connectivity index (χ4n) is 2.55. The molecule has 0 bridgehead atoms. The highest BCUT2D eigenvalue weighted by atomic mass is 19.1. The van der Waals surface area contributed by atoms with Gasteiger partial charge in [-0.05, 0) is 47.9 Å². The maximum atomic E-state index is 13.1. The first-order valence-electron chi connectivity index (χ1n) is 6.47. The van der Waals surface area contributed by atoms with Crippen molar-refractivity contribution in [3.8, 4) is 0 Å². The molecule has 102 valence electrons. The van der Waals surface area contributed by atoms with Gasteiger partial charge in [0.15, 0.2) is 0 Å². The number of nitrogens with zero attached hydrogens (tertiary/aromatic N) is 1. The largest absolute Gasteiger partial charge is 0.399 e. The Morgan fingerprint density at radius 2 is 2.05 bits per heavy atom. The molecule has 1 heterocycles. The fraction of sp³-hybridized carbons (Fsp3) is 0.188. The van der Waals surface area contributed by atoms with Crippen LogP contribution in [0, 0.1) is 12.7 Å². The first-order valence-corrected chi connectivity index (χ1v) is 6.47. The second-order valence-electron chi connectivity index (χ2n) is 5.15. The maximum absolute atomic E-state index is 13.1. The Morgan fingerprint density at radius 3 is 2.80 bits per heavy atom. The second-order valence-corrected chi connectivity index (χ2v) is 5.15. The normalized spacial score (nSPS) is 13.7. The highest BCUT2D eigenvalue weighted by Crippen LogP contribution is 2.26. The van der Waals surface area contributed by atoms with Crippen molar-refractivity contribution in [3.05, 3.63) is 64.5 Å². The summed E-state index contributed by atoms with van der Waals surface area (Å²) in [5.41, 5.74) is 9.79. The van der Waals surface area contributed by atoms with Crippen LogP contribution in [0.2, 0.25) is 0 Å². The Hall–Kier alpha value is -2.36. The lowest BCUT2D eigenvalue weighted by molar-refractivity contribution is 0.0766. The Labute approximate surface area is 116 Å². The molecule has 0 saturated heterocycles. The van der Waals surface area contributed by atoms with Gasteiger partial charge in [0.2, 0.25) is 0 Å². The van der Waals surface area contributed by atoms with Crippen LogP contribution < -0.4 is 5.73 Å². The Kier molecular flexibility index (Phi) is 2.93. The van der Waals surface area contributed by atoms with Crippen LogP contribution in [-0.2, 0) is 13.1 Å². The van der Waals surface area contributed by atoms with Crippen LogP contribution in [-0.4, -0.2) is 10.8 Å². The van der Waals surface area contributed by atoms with Gasteiger partial charge in [0.1, 0.15) is 5.82 Å². The summed E-state index contributed by atoms with van der Waals surface area (Å²) in [5, 5.41) is 0. The molecular formula is C16H15FN2O. The Balaban J connectivity index is 1.86. The molecular weight excluding hydrogens is 255 g/mol. The van der Waals surface area contributed by atoms with Crippen LogP contribution in [0.15, 0.2) is 36.4 Å². The molecule has 0 aliphatic carbocycles. The van der Waals surface area contributed by atoms with E-state index in [1.54, 1.807) is 23.1 Å². The molecule has 0 aromatic heterocycles. The molecule has 2 aromatic carbocycles. The zero-order chi connectivity index (χ0) is 14.3. The van der Waals surface area contributed by atoms with Crippen molar-refractivity contribution >= 4 is 11.6 Å². The predicted molar refractivity (Wildman–Crippen MR) is 75.6 cm³/mol. The number of benzene rings is 2. The van der Waals surface area contributed by atoms with E-state index in [-0.39, 0.29) is 11.7 Å². The van der Waals surface area contributed by atoms with Crippen molar-refractivity contribution < 1.29 is 9.18 Å². The smallest absolute Gasteiger partial charge is 0.254 e. The highest BCUT2D eigenvalue weighted by Gasteiger charge is 2.27. The SMILES string of the molecule is Cc1cc(F)ccc1CN1Cc2ccc(N)cc2C1=O. The quantitative estimate of drug-likeness (QED) is 0.853. The molecule has 2 aromatic rings. The average molecular weight is 270 g/mol. The van der Waals surface area contributed by atoms with Crippen LogP contribution in [0.4, 0.5) is 10.1 Å². The van der Waals surface area contributed by atoms with Crippen molar-refractivity contribution in [1.82, 2.24) is 4.90 Å². The molecule has 0 radical (unpaired) electrons. The van der Waals surface area contributed by atoms with Gasteiger partial charge in [-0.15, -0.1) is 0 Å². The molecule has 3 nitrogen and oxygen atoms in total. The van der Waals surface area contributed by atoms with Gasteiger partial charge >= 0.3 is 0 Å². The van der Waals surface area contributed by atoms with Crippen molar-refractivity contribution in [1.29, 1.82) is 0 Å². The van der Waals surface area contributed by atoms with E-state index in [0.29, 0.717) is 24.3 Å². The lowest BCUT2D eigenvalue weighted by Gasteiger charge is -2.17. The molecule has 2 N–H and O–H groups in total. The van der Waals surface area contributed by atoms with E-state index in [1.165, 1.54) is 12.1 Å². The van der Waals surface area contributed by atoms with Crippen LogP contribution in [0.5, 0.6) is 0 Å². The monoisotopic (exact) mass is 270 g/mol. The molecule has 20 heavy (non-hydrogen) atoms. The van der Waals surface area contributed by atoms with Crippen molar-refractivity contribution in [2.45, 2.75) is 20.0 Å². The van der Waals surface area contributed by atoms with E-state index >= 15 is 0 Å². The van der Waals surface area contributed by atoms with E-state index in [2.05, 4.69) is 0 Å². The summed E-state index contributed by atoms with van der Waals surface area (Å²) in [6.45, 7) is 2.91. The fourth-order valence-corrected chi connectivity index (χ4v) is 2.55. The topological polar surface area (TPSA) is 46.3 Å². The molecule has 0 spiro atoms. The summed E-state index contributed by atoms with van der Waals surface area (Å²) in [6.07, 6.45) is 0. The lowest BCUT2D eigenvalue weighted by Crippen LogP contribution is -2.23. The van der Waals surface area contributed by atoms with Crippen LogP contribution >= 0.6 is 0 Å². The zero-order valence-electron chi connectivity index (χ0n) is 11.2. The number of halogens is 1.